The molecule has 0 unspecified atom stereocenters. The molecule has 1 fully saturated rings. The zero-order valence-corrected chi connectivity index (χ0v) is 13.4. The van der Waals surface area contributed by atoms with Gasteiger partial charge in [0.2, 0.25) is 5.69 Å². The van der Waals surface area contributed by atoms with E-state index in [0.29, 0.717) is 19.1 Å². The molecule has 24 heavy (non-hydrogen) atoms. The van der Waals surface area contributed by atoms with Gasteiger partial charge >= 0.3 is 5.69 Å². The number of nitro groups is 1. The molecule has 0 bridgehead atoms. The van der Waals surface area contributed by atoms with Crippen LogP contribution < -0.4 is 0 Å². The largest absolute Gasteiger partial charge is 0.396 e. The monoisotopic (exact) mass is 347 g/mol. The van der Waals surface area contributed by atoms with Gasteiger partial charge in [0.05, 0.1) is 11.0 Å². The van der Waals surface area contributed by atoms with Crippen molar-refractivity contribution in [3.63, 3.8) is 0 Å². The lowest BCUT2D eigenvalue weighted by Crippen LogP contribution is -2.22. The Morgan fingerprint density at radius 2 is 2.08 bits per heavy atom. The first-order valence-electron chi connectivity index (χ1n) is 8.23. The highest BCUT2D eigenvalue weighted by Gasteiger charge is 2.30. The number of nitrogens with zero attached hydrogens (tertiary/aromatic N) is 3. The number of hydrogen-bond acceptors (Lipinski definition) is 5. The first kappa shape index (κ1) is 18.7. The van der Waals surface area contributed by atoms with Gasteiger partial charge in [-0.25, -0.2) is 8.78 Å². The summed E-state index contributed by atoms with van der Waals surface area (Å²) in [5.74, 6) is 0.412. The third-order valence-electron chi connectivity index (χ3n) is 4.38. The van der Waals surface area contributed by atoms with Crippen molar-refractivity contribution in [2.45, 2.75) is 51.0 Å². The summed E-state index contributed by atoms with van der Waals surface area (Å²) in [6.45, 7) is 1.45. The molecule has 0 spiro atoms. The van der Waals surface area contributed by atoms with Crippen LogP contribution in [0, 0.1) is 16.0 Å². The summed E-state index contributed by atoms with van der Waals surface area (Å²) in [6.07, 6.45) is 2.98. The standard InChI is InChI=1S/C15H23F2N3O4/c16-15(17)14-13(20(22)23)9-19(18-14)12-5-3-11(4-6-12)10-24-8-2-1-7-21/h9,11-12,15,21H,1-8,10H2. The van der Waals surface area contributed by atoms with Crippen molar-refractivity contribution in [3.8, 4) is 0 Å². The van der Waals surface area contributed by atoms with Crippen molar-refractivity contribution >= 4 is 5.69 Å². The van der Waals surface area contributed by atoms with E-state index in [4.69, 9.17) is 9.84 Å². The average molecular weight is 347 g/mol. The molecule has 1 heterocycles. The number of unbranched alkanes of at least 4 members (excludes halogenated alkanes) is 1. The molecule has 1 aliphatic carbocycles. The SMILES string of the molecule is O=[N+]([O-])c1cn(C2CCC(COCCCCO)CC2)nc1C(F)F. The normalized spacial score (nSPS) is 21.3. The second kappa shape index (κ2) is 9.03. The lowest BCUT2D eigenvalue weighted by molar-refractivity contribution is -0.386. The Labute approximate surface area is 138 Å². The smallest absolute Gasteiger partial charge is 0.316 e. The van der Waals surface area contributed by atoms with Crippen LogP contribution in [0.15, 0.2) is 6.20 Å². The molecule has 0 atom stereocenters. The van der Waals surface area contributed by atoms with Crippen molar-refractivity contribution in [1.82, 2.24) is 9.78 Å². The van der Waals surface area contributed by atoms with E-state index in [2.05, 4.69) is 5.10 Å². The number of hydrogen-bond donors (Lipinski definition) is 1. The third kappa shape index (κ3) is 4.94. The minimum atomic E-state index is -2.95. The van der Waals surface area contributed by atoms with Crippen LogP contribution in [0.5, 0.6) is 0 Å². The molecule has 1 aromatic heterocycles. The van der Waals surface area contributed by atoms with Gasteiger partial charge in [-0.1, -0.05) is 0 Å². The van der Waals surface area contributed by atoms with Crippen molar-refractivity contribution in [1.29, 1.82) is 0 Å². The summed E-state index contributed by atoms with van der Waals surface area (Å²) in [6, 6.07) is -0.0816. The van der Waals surface area contributed by atoms with Crippen LogP contribution in [0.2, 0.25) is 0 Å². The highest BCUT2D eigenvalue weighted by Crippen LogP contribution is 2.35. The first-order chi connectivity index (χ1) is 11.5. The van der Waals surface area contributed by atoms with E-state index in [9.17, 15) is 18.9 Å². The molecule has 0 radical (unpaired) electrons. The maximum Gasteiger partial charge on any atom is 0.316 e. The molecule has 0 aromatic carbocycles. The van der Waals surface area contributed by atoms with Gasteiger partial charge in [-0.05, 0) is 44.4 Å². The molecule has 2 rings (SSSR count). The van der Waals surface area contributed by atoms with Gasteiger partial charge in [-0.2, -0.15) is 5.10 Å². The summed E-state index contributed by atoms with van der Waals surface area (Å²) in [4.78, 5) is 10.0. The molecule has 0 amide bonds. The van der Waals surface area contributed by atoms with E-state index < -0.39 is 22.7 Å². The quantitative estimate of drug-likeness (QED) is 0.421. The Morgan fingerprint density at radius 3 is 2.62 bits per heavy atom. The Balaban J connectivity index is 1.84. The van der Waals surface area contributed by atoms with Gasteiger partial charge in [0.25, 0.3) is 6.43 Å². The number of aliphatic hydroxyl groups is 1. The summed E-state index contributed by atoms with van der Waals surface area (Å²) >= 11 is 0. The van der Waals surface area contributed by atoms with Gasteiger partial charge in [0, 0.05) is 19.8 Å². The molecule has 0 saturated heterocycles. The molecule has 0 aliphatic heterocycles. The summed E-state index contributed by atoms with van der Waals surface area (Å²) in [5.41, 5.74) is -1.37. The number of alkyl halides is 2. The second-order valence-electron chi connectivity index (χ2n) is 6.12. The molecule has 136 valence electrons. The number of aromatic nitrogens is 2. The maximum absolute atomic E-state index is 12.8. The van der Waals surface area contributed by atoms with E-state index in [1.54, 1.807) is 0 Å². The number of halogens is 2. The van der Waals surface area contributed by atoms with E-state index in [0.717, 1.165) is 44.7 Å². The molecular formula is C15H23F2N3O4. The van der Waals surface area contributed by atoms with Gasteiger partial charge in [-0.15, -0.1) is 0 Å². The van der Waals surface area contributed by atoms with E-state index in [1.165, 1.54) is 4.68 Å². The topological polar surface area (TPSA) is 90.4 Å². The Kier molecular flexibility index (Phi) is 7.04. The number of rotatable bonds is 9. The highest BCUT2D eigenvalue weighted by molar-refractivity contribution is 5.33. The van der Waals surface area contributed by atoms with E-state index >= 15 is 0 Å². The van der Waals surface area contributed by atoms with Gasteiger partial charge in [0.1, 0.15) is 6.20 Å². The summed E-state index contributed by atoms with van der Waals surface area (Å²) < 4.78 is 32.6. The van der Waals surface area contributed by atoms with Crippen molar-refractivity contribution in [2.24, 2.45) is 5.92 Å². The second-order valence-corrected chi connectivity index (χ2v) is 6.12. The third-order valence-corrected chi connectivity index (χ3v) is 4.38. The number of aliphatic hydroxyl groups excluding tert-OH is 1. The van der Waals surface area contributed by atoms with Gasteiger partial charge < -0.3 is 9.84 Å². The predicted molar refractivity (Wildman–Crippen MR) is 82.0 cm³/mol. The van der Waals surface area contributed by atoms with Gasteiger partial charge in [0.15, 0.2) is 0 Å². The molecule has 1 N–H and O–H groups in total. The highest BCUT2D eigenvalue weighted by atomic mass is 19.3. The zero-order chi connectivity index (χ0) is 17.5. The fourth-order valence-corrected chi connectivity index (χ4v) is 3.02. The molecule has 1 aliphatic rings. The first-order valence-corrected chi connectivity index (χ1v) is 8.23. The molecule has 9 heteroatoms. The summed E-state index contributed by atoms with van der Waals surface area (Å²) in [7, 11) is 0. The summed E-state index contributed by atoms with van der Waals surface area (Å²) in [5, 5.41) is 23.3. The minimum absolute atomic E-state index is 0.0816. The molecule has 1 aromatic rings. The molecular weight excluding hydrogens is 324 g/mol. The Morgan fingerprint density at radius 1 is 1.38 bits per heavy atom. The van der Waals surface area contributed by atoms with Crippen LogP contribution >= 0.6 is 0 Å². The van der Waals surface area contributed by atoms with Crippen molar-refractivity contribution < 1.29 is 23.5 Å². The fourth-order valence-electron chi connectivity index (χ4n) is 3.02. The van der Waals surface area contributed by atoms with E-state index in [-0.39, 0.29) is 12.6 Å². The molecule has 7 nitrogen and oxygen atoms in total. The van der Waals surface area contributed by atoms with Crippen LogP contribution in [-0.4, -0.2) is 39.6 Å². The average Bonchev–Trinajstić information content (AvgIpc) is 3.01. The lowest BCUT2D eigenvalue weighted by atomic mass is 9.86. The van der Waals surface area contributed by atoms with Crippen LogP contribution in [0.3, 0.4) is 0 Å². The fraction of sp³-hybridized carbons (Fsp3) is 0.800. The van der Waals surface area contributed by atoms with Crippen LogP contribution in [0.4, 0.5) is 14.5 Å². The van der Waals surface area contributed by atoms with Crippen LogP contribution in [0.25, 0.3) is 0 Å². The lowest BCUT2D eigenvalue weighted by Gasteiger charge is -2.28. The molecule has 1 saturated carbocycles. The Hall–Kier alpha value is -1.61. The van der Waals surface area contributed by atoms with Crippen LogP contribution in [0.1, 0.15) is 56.7 Å². The van der Waals surface area contributed by atoms with Crippen LogP contribution in [-0.2, 0) is 4.74 Å². The predicted octanol–water partition coefficient (Wildman–Crippen LogP) is 3.25. The van der Waals surface area contributed by atoms with Crippen molar-refractivity contribution in [2.75, 3.05) is 19.8 Å². The minimum Gasteiger partial charge on any atom is -0.396 e. The van der Waals surface area contributed by atoms with Gasteiger partial charge in [-0.3, -0.25) is 14.8 Å². The number of ether oxygens (including phenoxy) is 1. The van der Waals surface area contributed by atoms with E-state index in [1.807, 2.05) is 0 Å². The Bertz CT molecular complexity index is 531. The zero-order valence-electron chi connectivity index (χ0n) is 13.4. The maximum atomic E-state index is 12.8. The van der Waals surface area contributed by atoms with Crippen molar-refractivity contribution in [3.05, 3.63) is 22.0 Å².